The van der Waals surface area contributed by atoms with Gasteiger partial charge < -0.3 is 33.7 Å². The van der Waals surface area contributed by atoms with E-state index in [9.17, 15) is 4.79 Å². The van der Waals surface area contributed by atoms with Crippen molar-refractivity contribution in [1.82, 2.24) is 15.6 Å². The summed E-state index contributed by atoms with van der Waals surface area (Å²) in [6, 6.07) is 17.1. The van der Waals surface area contributed by atoms with Crippen LogP contribution in [0.25, 0.3) is 21.9 Å². The Morgan fingerprint density at radius 3 is 2.80 bits per heavy atom. The van der Waals surface area contributed by atoms with Crippen LogP contribution in [0, 0.1) is 0 Å². The number of hydrogen-bond donors (Lipinski definition) is 2. The minimum atomic E-state index is -0.554. The van der Waals surface area contributed by atoms with E-state index in [1.165, 1.54) is 11.1 Å². The molecule has 2 N–H and O–H groups in total. The van der Waals surface area contributed by atoms with Gasteiger partial charge in [0.2, 0.25) is 0 Å². The van der Waals surface area contributed by atoms with E-state index in [2.05, 4.69) is 21.7 Å². The first-order chi connectivity index (χ1) is 20.2. The molecule has 0 radical (unpaired) electrons. The molecular formula is C32H33N3O6. The van der Waals surface area contributed by atoms with Crippen molar-refractivity contribution in [2.75, 3.05) is 19.7 Å². The number of amides is 1. The van der Waals surface area contributed by atoms with E-state index in [1.54, 1.807) is 18.3 Å². The van der Waals surface area contributed by atoms with E-state index in [4.69, 9.17) is 23.0 Å². The lowest BCUT2D eigenvalue weighted by atomic mass is 10.1. The number of furan rings is 2. The predicted octanol–water partition coefficient (Wildman–Crippen LogP) is 6.70. The smallest absolute Gasteiger partial charge is 0.415 e. The number of fused-ring (bicyclic) bond motifs is 2. The van der Waals surface area contributed by atoms with Crippen LogP contribution in [0.1, 0.15) is 49.0 Å². The minimum Gasteiger partial charge on any atom is -0.493 e. The van der Waals surface area contributed by atoms with Crippen LogP contribution in [0.2, 0.25) is 0 Å². The van der Waals surface area contributed by atoms with Gasteiger partial charge in [0.05, 0.1) is 12.0 Å². The zero-order chi connectivity index (χ0) is 28.0. The Morgan fingerprint density at radius 2 is 1.98 bits per heavy atom. The summed E-state index contributed by atoms with van der Waals surface area (Å²) in [5, 5.41) is 7.85. The van der Waals surface area contributed by atoms with Crippen LogP contribution < -0.4 is 24.8 Å². The number of aromatic nitrogens is 1. The second-order valence-corrected chi connectivity index (χ2v) is 10.1. The van der Waals surface area contributed by atoms with Crippen LogP contribution in [0.4, 0.5) is 4.79 Å². The van der Waals surface area contributed by atoms with Gasteiger partial charge in [-0.05, 0) is 80.6 Å². The lowest BCUT2D eigenvalue weighted by Gasteiger charge is -2.10. The van der Waals surface area contributed by atoms with Gasteiger partial charge in [-0.1, -0.05) is 12.1 Å². The lowest BCUT2D eigenvalue weighted by molar-refractivity contribution is 0.189. The molecule has 212 valence electrons. The molecule has 2 aromatic carbocycles. The van der Waals surface area contributed by atoms with Crippen molar-refractivity contribution in [2.45, 2.75) is 45.3 Å². The molecule has 0 atom stereocenters. The number of benzene rings is 2. The van der Waals surface area contributed by atoms with Crippen LogP contribution in [0.5, 0.6) is 17.4 Å². The van der Waals surface area contributed by atoms with E-state index in [1.807, 2.05) is 49.5 Å². The molecule has 0 spiro atoms. The Balaban J connectivity index is 1.10. The van der Waals surface area contributed by atoms with E-state index >= 15 is 0 Å². The van der Waals surface area contributed by atoms with Crippen LogP contribution in [-0.2, 0) is 13.2 Å². The van der Waals surface area contributed by atoms with E-state index in [-0.39, 0.29) is 5.95 Å². The molecule has 9 nitrogen and oxygen atoms in total. The first-order valence-corrected chi connectivity index (χ1v) is 14.1. The molecule has 1 saturated carbocycles. The number of rotatable bonds is 13. The van der Waals surface area contributed by atoms with Crippen molar-refractivity contribution in [1.29, 1.82) is 0 Å². The summed E-state index contributed by atoms with van der Waals surface area (Å²) < 4.78 is 29.5. The summed E-state index contributed by atoms with van der Waals surface area (Å²) in [6.07, 6.45) is 6.25. The van der Waals surface area contributed by atoms with Crippen molar-refractivity contribution < 1.29 is 27.8 Å². The van der Waals surface area contributed by atoms with Gasteiger partial charge in [0.15, 0.2) is 0 Å². The van der Waals surface area contributed by atoms with Gasteiger partial charge >= 0.3 is 6.09 Å². The van der Waals surface area contributed by atoms with Crippen LogP contribution >= 0.6 is 0 Å². The molecule has 3 aromatic heterocycles. The number of nitrogens with one attached hydrogen (secondary N) is 2. The van der Waals surface area contributed by atoms with Gasteiger partial charge in [0.25, 0.3) is 5.95 Å². The van der Waals surface area contributed by atoms with Gasteiger partial charge in [0, 0.05) is 42.5 Å². The highest BCUT2D eigenvalue weighted by atomic mass is 16.6. The molecule has 9 heteroatoms. The Hall–Kier alpha value is -4.50. The summed E-state index contributed by atoms with van der Waals surface area (Å²) >= 11 is 0. The fourth-order valence-electron chi connectivity index (χ4n) is 4.89. The molecule has 6 rings (SSSR count). The first-order valence-electron chi connectivity index (χ1n) is 14.1. The highest BCUT2D eigenvalue weighted by Crippen LogP contribution is 2.48. The number of carbonyl (C=O) groups excluding carboxylic acids is 1. The monoisotopic (exact) mass is 555 g/mol. The average molecular weight is 556 g/mol. The van der Waals surface area contributed by atoms with Gasteiger partial charge in [-0.25, -0.2) is 4.79 Å². The highest BCUT2D eigenvalue weighted by Gasteiger charge is 2.32. The number of ether oxygens (including phenoxy) is 3. The van der Waals surface area contributed by atoms with Gasteiger partial charge in [-0.3, -0.25) is 4.98 Å². The normalized spacial score (nSPS) is 13.0. The van der Waals surface area contributed by atoms with E-state index < -0.39 is 6.09 Å². The lowest BCUT2D eigenvalue weighted by Crippen LogP contribution is -2.25. The summed E-state index contributed by atoms with van der Waals surface area (Å²) in [4.78, 5) is 15.9. The molecule has 0 aliphatic heterocycles. The Bertz CT molecular complexity index is 1620. The third-order valence-electron chi connectivity index (χ3n) is 6.93. The molecular weight excluding hydrogens is 522 g/mol. The topological polar surface area (TPSA) is 108 Å². The highest BCUT2D eigenvalue weighted by molar-refractivity contribution is 5.89. The maximum atomic E-state index is 11.7. The minimum absolute atomic E-state index is 0.133. The summed E-state index contributed by atoms with van der Waals surface area (Å²) in [6.45, 7) is 4.84. The van der Waals surface area contributed by atoms with Crippen molar-refractivity contribution in [3.05, 3.63) is 83.9 Å². The third-order valence-corrected chi connectivity index (χ3v) is 6.93. The van der Waals surface area contributed by atoms with E-state index in [0.717, 1.165) is 60.2 Å². The first kappa shape index (κ1) is 26.7. The molecule has 1 amide bonds. The fourth-order valence-corrected chi connectivity index (χ4v) is 4.89. The fraction of sp³-hybridized carbons (Fsp3) is 0.312. The van der Waals surface area contributed by atoms with Crippen LogP contribution in [0.15, 0.2) is 75.8 Å². The molecule has 3 heterocycles. The second kappa shape index (κ2) is 12.3. The molecule has 0 saturated heterocycles. The number of carbonyl (C=O) groups is 1. The third kappa shape index (κ3) is 6.47. The molecule has 1 aliphatic carbocycles. The molecule has 5 aromatic rings. The molecule has 1 fully saturated rings. The molecule has 0 unspecified atom stereocenters. The maximum absolute atomic E-state index is 11.7. The van der Waals surface area contributed by atoms with Crippen LogP contribution in [-0.4, -0.2) is 30.8 Å². The van der Waals surface area contributed by atoms with Crippen molar-refractivity contribution >= 4 is 28.0 Å². The van der Waals surface area contributed by atoms with Gasteiger partial charge in [-0.2, -0.15) is 0 Å². The van der Waals surface area contributed by atoms with Crippen molar-refractivity contribution in [2.24, 2.45) is 0 Å². The van der Waals surface area contributed by atoms with Crippen molar-refractivity contribution in [3.63, 3.8) is 0 Å². The summed E-state index contributed by atoms with van der Waals surface area (Å²) in [7, 11) is 0. The van der Waals surface area contributed by atoms with Gasteiger partial charge in [-0.15, -0.1) is 0 Å². The van der Waals surface area contributed by atoms with Gasteiger partial charge in [0.1, 0.15) is 35.0 Å². The van der Waals surface area contributed by atoms with Crippen molar-refractivity contribution in [3.8, 4) is 17.4 Å². The average Bonchev–Trinajstić information content (AvgIpc) is 3.63. The second-order valence-electron chi connectivity index (χ2n) is 10.1. The van der Waals surface area contributed by atoms with E-state index in [0.29, 0.717) is 37.0 Å². The molecule has 41 heavy (non-hydrogen) atoms. The Labute approximate surface area is 237 Å². The number of nitrogens with zero attached hydrogens (tertiary/aromatic N) is 1. The predicted molar refractivity (Wildman–Crippen MR) is 154 cm³/mol. The Morgan fingerprint density at radius 1 is 1.05 bits per heavy atom. The van der Waals surface area contributed by atoms with Crippen LogP contribution in [0.3, 0.4) is 0 Å². The zero-order valence-electron chi connectivity index (χ0n) is 23.0. The largest absolute Gasteiger partial charge is 0.493 e. The SMILES string of the molecule is CCNC(=O)Oc1cc2cc(OCc3oc4cccc(OCCCNCc5cccnc5)c4c3C3CC3)ccc2o1. The summed E-state index contributed by atoms with van der Waals surface area (Å²) in [5.74, 6) is 2.93. The quantitative estimate of drug-likeness (QED) is 0.155. The Kier molecular flexibility index (Phi) is 8.04. The molecule has 1 aliphatic rings. The number of hydrogen-bond acceptors (Lipinski definition) is 8. The zero-order valence-corrected chi connectivity index (χ0v) is 23.0. The summed E-state index contributed by atoms with van der Waals surface area (Å²) in [5.41, 5.74) is 3.77. The maximum Gasteiger partial charge on any atom is 0.415 e. The number of pyridine rings is 1. The molecule has 0 bridgehead atoms. The standard InChI is InChI=1S/C32H33N3O6/c1-2-35-32(36)41-29-17-23-16-24(11-12-25(23)40-29)38-20-28-30(22-9-10-22)31-26(7-3-8-27(31)39-28)37-15-5-14-34-19-21-6-4-13-33-18-21/h3-4,6-8,11-13,16-18,22,34H,2,5,9-10,14-15,19-20H2,1H3,(H,35,36).